The first-order chi connectivity index (χ1) is 7.15. The number of carbonyl (C=O) groups is 2. The molecule has 1 aromatic heterocycles. The van der Waals surface area contributed by atoms with Gasteiger partial charge in [-0.3, -0.25) is 0 Å². The van der Waals surface area contributed by atoms with Gasteiger partial charge < -0.3 is 15.7 Å². The Morgan fingerprint density at radius 3 is 2.87 bits per heavy atom. The summed E-state index contributed by atoms with van der Waals surface area (Å²) in [5, 5.41) is 15.5. The molecule has 2 amide bonds. The van der Waals surface area contributed by atoms with Gasteiger partial charge in [0.15, 0.2) is 0 Å². The van der Waals surface area contributed by atoms with Crippen molar-refractivity contribution in [1.29, 1.82) is 0 Å². The molecule has 0 saturated heterocycles. The number of nitrogens with one attached hydrogen (secondary N) is 2. The molecule has 0 aliphatic rings. The van der Waals surface area contributed by atoms with Gasteiger partial charge in [0.2, 0.25) is 0 Å². The van der Waals surface area contributed by atoms with Crippen LogP contribution in [0.4, 0.5) is 10.5 Å². The number of carbonyl (C=O) groups excluding carboxylic acids is 1. The molecule has 0 fully saturated rings. The molecule has 0 aromatic carbocycles. The Hall–Kier alpha value is -1.56. The highest BCUT2D eigenvalue weighted by Gasteiger charge is 2.13. The van der Waals surface area contributed by atoms with Crippen molar-refractivity contribution >= 4 is 29.0 Å². The fourth-order valence-electron chi connectivity index (χ4n) is 0.978. The van der Waals surface area contributed by atoms with E-state index in [0.717, 1.165) is 17.8 Å². The topological polar surface area (TPSA) is 78.4 Å². The smallest absolute Gasteiger partial charge is 0.348 e. The summed E-state index contributed by atoms with van der Waals surface area (Å²) in [4.78, 5) is 22.1. The fraction of sp³-hybridized carbons (Fsp3) is 0.333. The van der Waals surface area contributed by atoms with Crippen molar-refractivity contribution in [2.45, 2.75) is 13.3 Å². The van der Waals surface area contributed by atoms with Crippen LogP contribution in [0.3, 0.4) is 0 Å². The molecule has 6 heteroatoms. The first kappa shape index (κ1) is 11.5. The number of hydrogen-bond donors (Lipinski definition) is 3. The highest BCUT2D eigenvalue weighted by Crippen LogP contribution is 2.21. The Labute approximate surface area is 91.1 Å². The molecule has 0 unspecified atom stereocenters. The van der Waals surface area contributed by atoms with E-state index in [1.165, 1.54) is 0 Å². The van der Waals surface area contributed by atoms with Crippen LogP contribution in [0.2, 0.25) is 0 Å². The number of urea groups is 1. The van der Waals surface area contributed by atoms with Gasteiger partial charge in [-0.25, -0.2) is 9.59 Å². The van der Waals surface area contributed by atoms with E-state index in [1.54, 1.807) is 11.4 Å². The zero-order chi connectivity index (χ0) is 11.3. The molecule has 1 aromatic rings. The number of anilines is 1. The lowest BCUT2D eigenvalue weighted by molar-refractivity contribution is 0.0703. The molecule has 1 rings (SSSR count). The van der Waals surface area contributed by atoms with Gasteiger partial charge in [0.1, 0.15) is 4.88 Å². The monoisotopic (exact) mass is 228 g/mol. The van der Waals surface area contributed by atoms with Gasteiger partial charge in [-0.15, -0.1) is 11.3 Å². The molecule has 1 heterocycles. The normalized spacial score (nSPS) is 9.67. The summed E-state index contributed by atoms with van der Waals surface area (Å²) < 4.78 is 0. The van der Waals surface area contributed by atoms with E-state index >= 15 is 0 Å². The third kappa shape index (κ3) is 3.25. The maximum absolute atomic E-state index is 11.2. The van der Waals surface area contributed by atoms with E-state index < -0.39 is 5.97 Å². The molecule has 0 radical (unpaired) electrons. The zero-order valence-electron chi connectivity index (χ0n) is 8.24. The predicted molar refractivity (Wildman–Crippen MR) is 58.6 cm³/mol. The molecule has 5 nitrogen and oxygen atoms in total. The van der Waals surface area contributed by atoms with Crippen LogP contribution in [0.1, 0.15) is 23.0 Å². The number of thiophene rings is 1. The van der Waals surface area contributed by atoms with Crippen molar-refractivity contribution in [1.82, 2.24) is 5.32 Å². The molecule has 3 N–H and O–H groups in total. The summed E-state index contributed by atoms with van der Waals surface area (Å²) in [6, 6.07) is 1.19. The van der Waals surface area contributed by atoms with Crippen molar-refractivity contribution in [3.05, 3.63) is 16.3 Å². The van der Waals surface area contributed by atoms with Crippen molar-refractivity contribution < 1.29 is 14.7 Å². The molecule has 0 spiro atoms. The quantitative estimate of drug-likeness (QED) is 0.737. The van der Waals surface area contributed by atoms with Gasteiger partial charge in [0, 0.05) is 6.54 Å². The average Bonchev–Trinajstić information content (AvgIpc) is 2.62. The lowest BCUT2D eigenvalue weighted by Gasteiger charge is -2.05. The summed E-state index contributed by atoms with van der Waals surface area (Å²) >= 11 is 1.08. The standard InChI is InChI=1S/C9H12N2O3S/c1-2-4-10-9(14)11-6-3-5-15-7(6)8(12)13/h3,5H,2,4H2,1H3,(H,12,13)(H2,10,11,14). The fourth-order valence-corrected chi connectivity index (χ4v) is 1.67. The molecule has 82 valence electrons. The van der Waals surface area contributed by atoms with Crippen LogP contribution in [0, 0.1) is 0 Å². The minimum absolute atomic E-state index is 0.140. The lowest BCUT2D eigenvalue weighted by atomic mass is 10.4. The second-order valence-corrected chi connectivity index (χ2v) is 3.77. The molecule has 0 aliphatic carbocycles. The van der Waals surface area contributed by atoms with E-state index in [0.29, 0.717) is 12.2 Å². The van der Waals surface area contributed by atoms with Gasteiger partial charge in [-0.1, -0.05) is 6.92 Å². The lowest BCUT2D eigenvalue weighted by Crippen LogP contribution is -2.29. The minimum Gasteiger partial charge on any atom is -0.477 e. The van der Waals surface area contributed by atoms with Gasteiger partial charge >= 0.3 is 12.0 Å². The van der Waals surface area contributed by atoms with E-state index in [1.807, 2.05) is 6.92 Å². The minimum atomic E-state index is -1.03. The van der Waals surface area contributed by atoms with Crippen molar-refractivity contribution in [3.8, 4) is 0 Å². The molecular weight excluding hydrogens is 216 g/mol. The molecule has 0 bridgehead atoms. The van der Waals surface area contributed by atoms with Gasteiger partial charge in [0.25, 0.3) is 0 Å². The molecule has 0 atom stereocenters. The molecule has 0 aliphatic heterocycles. The van der Waals surface area contributed by atoms with Crippen LogP contribution in [-0.2, 0) is 0 Å². The third-order valence-corrected chi connectivity index (χ3v) is 2.55. The summed E-state index contributed by atoms with van der Waals surface area (Å²) in [5.74, 6) is -1.03. The van der Waals surface area contributed by atoms with Crippen molar-refractivity contribution in [3.63, 3.8) is 0 Å². The number of amides is 2. The maximum atomic E-state index is 11.2. The number of carboxylic acid groups (broad SMARTS) is 1. The highest BCUT2D eigenvalue weighted by atomic mass is 32.1. The summed E-state index contributed by atoms with van der Waals surface area (Å²) in [5.41, 5.74) is 0.334. The summed E-state index contributed by atoms with van der Waals surface area (Å²) in [6.07, 6.45) is 0.836. The van der Waals surface area contributed by atoms with E-state index in [2.05, 4.69) is 10.6 Å². The second kappa shape index (κ2) is 5.35. The summed E-state index contributed by atoms with van der Waals surface area (Å²) in [6.45, 7) is 2.51. The Morgan fingerprint density at radius 2 is 2.27 bits per heavy atom. The van der Waals surface area contributed by atoms with E-state index in [9.17, 15) is 9.59 Å². The van der Waals surface area contributed by atoms with E-state index in [-0.39, 0.29) is 10.9 Å². The van der Waals surface area contributed by atoms with Gasteiger partial charge in [-0.2, -0.15) is 0 Å². The largest absolute Gasteiger partial charge is 0.477 e. The van der Waals surface area contributed by atoms with Crippen molar-refractivity contribution in [2.24, 2.45) is 0 Å². The molecule has 15 heavy (non-hydrogen) atoms. The summed E-state index contributed by atoms with van der Waals surface area (Å²) in [7, 11) is 0. The van der Waals surface area contributed by atoms with Crippen LogP contribution in [0.5, 0.6) is 0 Å². The second-order valence-electron chi connectivity index (χ2n) is 2.85. The Morgan fingerprint density at radius 1 is 1.53 bits per heavy atom. The SMILES string of the molecule is CCCNC(=O)Nc1ccsc1C(=O)O. The zero-order valence-corrected chi connectivity index (χ0v) is 9.06. The van der Waals surface area contributed by atoms with Crippen LogP contribution >= 0.6 is 11.3 Å². The first-order valence-electron chi connectivity index (χ1n) is 4.50. The number of hydrogen-bond acceptors (Lipinski definition) is 3. The van der Waals surface area contributed by atoms with E-state index in [4.69, 9.17) is 5.11 Å². The Balaban J connectivity index is 2.60. The number of aromatic carboxylic acids is 1. The third-order valence-electron chi connectivity index (χ3n) is 1.64. The molecule has 0 saturated carbocycles. The van der Waals surface area contributed by atoms with Gasteiger partial charge in [0.05, 0.1) is 5.69 Å². The van der Waals surface area contributed by atoms with Crippen LogP contribution in [0.15, 0.2) is 11.4 Å². The number of rotatable bonds is 4. The van der Waals surface area contributed by atoms with Crippen LogP contribution in [0.25, 0.3) is 0 Å². The van der Waals surface area contributed by atoms with Crippen LogP contribution in [-0.4, -0.2) is 23.7 Å². The van der Waals surface area contributed by atoms with Gasteiger partial charge in [-0.05, 0) is 17.9 Å². The van der Waals surface area contributed by atoms with Crippen LogP contribution < -0.4 is 10.6 Å². The van der Waals surface area contributed by atoms with Crippen molar-refractivity contribution in [2.75, 3.05) is 11.9 Å². The molecular formula is C9H12N2O3S. The Kier molecular flexibility index (Phi) is 4.11. The predicted octanol–water partition coefficient (Wildman–Crippen LogP) is 1.98. The average molecular weight is 228 g/mol. The number of carboxylic acids is 1. The highest BCUT2D eigenvalue weighted by molar-refractivity contribution is 7.12. The maximum Gasteiger partial charge on any atom is 0.348 e. The first-order valence-corrected chi connectivity index (χ1v) is 5.38. The Bertz CT molecular complexity index is 362.